The number of anilines is 1. The molecular formula is C25H25FN4. The van der Waals surface area contributed by atoms with Gasteiger partial charge in [0, 0.05) is 44.5 Å². The normalized spacial score (nSPS) is 14.4. The highest BCUT2D eigenvalue weighted by atomic mass is 19.1. The quantitative estimate of drug-likeness (QED) is 0.549. The van der Waals surface area contributed by atoms with Crippen LogP contribution in [0, 0.1) is 12.7 Å². The number of hydrogen-bond acceptors (Lipinski definition) is 3. The lowest BCUT2D eigenvalue weighted by atomic mass is 10.0. The number of benzene rings is 2. The van der Waals surface area contributed by atoms with E-state index in [0.29, 0.717) is 12.0 Å². The molecule has 30 heavy (non-hydrogen) atoms. The number of pyridine rings is 1. The number of nitrogens with one attached hydrogen (secondary N) is 1. The fourth-order valence-corrected chi connectivity index (χ4v) is 4.43. The van der Waals surface area contributed by atoms with Gasteiger partial charge in [-0.15, -0.1) is 0 Å². The Hall–Kier alpha value is -3.18. The van der Waals surface area contributed by atoms with Crippen LogP contribution in [0.1, 0.15) is 16.8 Å². The smallest absolute Gasteiger partial charge is 0.126 e. The molecule has 0 bridgehead atoms. The first-order valence-electron chi connectivity index (χ1n) is 10.5. The van der Waals surface area contributed by atoms with Crippen LogP contribution in [-0.4, -0.2) is 35.7 Å². The lowest BCUT2D eigenvalue weighted by molar-refractivity contribution is 0.588. The number of para-hydroxylation sites is 1. The van der Waals surface area contributed by atoms with Crippen molar-refractivity contribution in [1.29, 1.82) is 0 Å². The average molecular weight is 401 g/mol. The summed E-state index contributed by atoms with van der Waals surface area (Å²) in [6, 6.07) is 19.9. The molecule has 1 aliphatic rings. The number of rotatable bonds is 4. The van der Waals surface area contributed by atoms with Gasteiger partial charge in [-0.1, -0.05) is 30.3 Å². The Morgan fingerprint density at radius 3 is 2.57 bits per heavy atom. The summed E-state index contributed by atoms with van der Waals surface area (Å²) in [7, 11) is 0. The van der Waals surface area contributed by atoms with Crippen LogP contribution >= 0.6 is 0 Å². The van der Waals surface area contributed by atoms with Gasteiger partial charge in [-0.2, -0.15) is 0 Å². The summed E-state index contributed by atoms with van der Waals surface area (Å²) in [6.45, 7) is 5.62. The van der Waals surface area contributed by atoms with E-state index in [1.54, 1.807) is 6.07 Å². The molecule has 4 nitrogen and oxygen atoms in total. The Morgan fingerprint density at radius 1 is 0.967 bits per heavy atom. The number of nitrogens with zero attached hydrogens (tertiary/aromatic N) is 3. The maximum absolute atomic E-state index is 14.3. The van der Waals surface area contributed by atoms with Crippen molar-refractivity contribution in [2.75, 3.05) is 31.1 Å². The first kappa shape index (κ1) is 18.8. The fourth-order valence-electron chi connectivity index (χ4n) is 4.43. The molecule has 1 saturated heterocycles. The van der Waals surface area contributed by atoms with Crippen molar-refractivity contribution in [3.05, 3.63) is 89.5 Å². The Labute approximate surface area is 176 Å². The molecule has 0 atom stereocenters. The number of piperazine rings is 1. The van der Waals surface area contributed by atoms with Crippen molar-refractivity contribution in [1.82, 2.24) is 14.9 Å². The van der Waals surface area contributed by atoms with Crippen LogP contribution in [0.3, 0.4) is 0 Å². The summed E-state index contributed by atoms with van der Waals surface area (Å²) < 4.78 is 16.6. The van der Waals surface area contributed by atoms with Crippen molar-refractivity contribution < 1.29 is 4.39 Å². The minimum absolute atomic E-state index is 0.156. The van der Waals surface area contributed by atoms with Crippen LogP contribution in [0.5, 0.6) is 0 Å². The van der Waals surface area contributed by atoms with Gasteiger partial charge in [0.1, 0.15) is 11.3 Å². The molecule has 2 aromatic carbocycles. The Morgan fingerprint density at radius 2 is 1.77 bits per heavy atom. The molecule has 0 aliphatic carbocycles. The SMILES string of the molecule is Cc1c(F)cccc1Cc1c(N2CCNCC2)c2ncccc2n1-c1ccccc1. The van der Waals surface area contributed by atoms with Crippen molar-refractivity contribution in [3.8, 4) is 5.69 Å². The maximum Gasteiger partial charge on any atom is 0.126 e. The van der Waals surface area contributed by atoms with Crippen molar-refractivity contribution in [3.63, 3.8) is 0 Å². The van der Waals surface area contributed by atoms with Gasteiger partial charge in [0.25, 0.3) is 0 Å². The van der Waals surface area contributed by atoms with E-state index in [0.717, 1.165) is 54.2 Å². The zero-order chi connectivity index (χ0) is 20.5. The second-order valence-corrected chi connectivity index (χ2v) is 7.78. The molecule has 3 heterocycles. The largest absolute Gasteiger partial charge is 0.366 e. The third kappa shape index (κ3) is 3.25. The molecule has 0 amide bonds. The average Bonchev–Trinajstić information content (AvgIpc) is 3.12. The summed E-state index contributed by atoms with van der Waals surface area (Å²) in [5.74, 6) is -0.156. The van der Waals surface area contributed by atoms with E-state index in [2.05, 4.69) is 45.1 Å². The topological polar surface area (TPSA) is 33.1 Å². The van der Waals surface area contributed by atoms with Crippen molar-refractivity contribution in [2.24, 2.45) is 0 Å². The highest BCUT2D eigenvalue weighted by Crippen LogP contribution is 2.37. The first-order chi connectivity index (χ1) is 14.7. The lowest BCUT2D eigenvalue weighted by Gasteiger charge is -2.30. The van der Waals surface area contributed by atoms with E-state index in [-0.39, 0.29) is 5.82 Å². The third-order valence-corrected chi connectivity index (χ3v) is 5.98. The van der Waals surface area contributed by atoms with Gasteiger partial charge in [0.05, 0.1) is 16.9 Å². The van der Waals surface area contributed by atoms with Crippen LogP contribution < -0.4 is 10.2 Å². The molecule has 5 heteroatoms. The van der Waals surface area contributed by atoms with Crippen LogP contribution in [-0.2, 0) is 6.42 Å². The minimum atomic E-state index is -0.156. The summed E-state index contributed by atoms with van der Waals surface area (Å²) in [4.78, 5) is 7.21. The molecule has 152 valence electrons. The van der Waals surface area contributed by atoms with Gasteiger partial charge in [-0.3, -0.25) is 4.98 Å². The molecule has 1 fully saturated rings. The van der Waals surface area contributed by atoms with Crippen LogP contribution in [0.4, 0.5) is 10.1 Å². The summed E-state index contributed by atoms with van der Waals surface area (Å²) in [6.07, 6.45) is 2.51. The number of halogens is 1. The molecule has 4 aromatic rings. The Balaban J connectivity index is 1.78. The van der Waals surface area contributed by atoms with Gasteiger partial charge >= 0.3 is 0 Å². The minimum Gasteiger partial charge on any atom is -0.366 e. The van der Waals surface area contributed by atoms with Gasteiger partial charge in [0.15, 0.2) is 0 Å². The molecule has 0 unspecified atom stereocenters. The molecule has 0 radical (unpaired) electrons. The van der Waals surface area contributed by atoms with Gasteiger partial charge < -0.3 is 14.8 Å². The molecular weight excluding hydrogens is 375 g/mol. The van der Waals surface area contributed by atoms with Gasteiger partial charge in [0.2, 0.25) is 0 Å². The zero-order valence-corrected chi connectivity index (χ0v) is 17.1. The predicted octanol–water partition coefficient (Wildman–Crippen LogP) is 4.47. The molecule has 5 rings (SSSR count). The summed E-state index contributed by atoms with van der Waals surface area (Å²) in [5.41, 5.74) is 7.23. The predicted molar refractivity (Wildman–Crippen MR) is 120 cm³/mol. The van der Waals surface area contributed by atoms with Gasteiger partial charge in [-0.25, -0.2) is 4.39 Å². The molecule has 1 N–H and O–H groups in total. The standard InChI is InChI=1S/C25H25FN4/c1-18-19(7-5-10-21(18)26)17-23-25(29-15-13-27-14-16-29)24-22(11-6-12-28-24)30(23)20-8-3-2-4-9-20/h2-12,27H,13-17H2,1H3. The lowest BCUT2D eigenvalue weighted by Crippen LogP contribution is -2.43. The molecule has 1 aliphatic heterocycles. The molecule has 0 spiro atoms. The second-order valence-electron chi connectivity index (χ2n) is 7.78. The highest BCUT2D eigenvalue weighted by molar-refractivity contribution is 5.94. The summed E-state index contributed by atoms with van der Waals surface area (Å²) >= 11 is 0. The second kappa shape index (κ2) is 7.92. The van der Waals surface area contributed by atoms with E-state index < -0.39 is 0 Å². The third-order valence-electron chi connectivity index (χ3n) is 5.98. The highest BCUT2D eigenvalue weighted by Gasteiger charge is 2.25. The van der Waals surface area contributed by atoms with Crippen LogP contribution in [0.15, 0.2) is 66.9 Å². The Kier molecular flexibility index (Phi) is 4.97. The Bertz CT molecular complexity index is 1180. The van der Waals surface area contributed by atoms with E-state index in [1.165, 1.54) is 11.8 Å². The number of aromatic nitrogens is 2. The number of hydrogen-bond donors (Lipinski definition) is 1. The first-order valence-corrected chi connectivity index (χ1v) is 10.5. The van der Waals surface area contributed by atoms with Crippen molar-refractivity contribution in [2.45, 2.75) is 13.3 Å². The van der Waals surface area contributed by atoms with Crippen LogP contribution in [0.25, 0.3) is 16.7 Å². The zero-order valence-electron chi connectivity index (χ0n) is 17.1. The van der Waals surface area contributed by atoms with Crippen molar-refractivity contribution >= 4 is 16.7 Å². The molecule has 0 saturated carbocycles. The van der Waals surface area contributed by atoms with E-state index in [4.69, 9.17) is 4.98 Å². The van der Waals surface area contributed by atoms with E-state index in [1.807, 2.05) is 31.3 Å². The van der Waals surface area contributed by atoms with Crippen LogP contribution in [0.2, 0.25) is 0 Å². The number of fused-ring (bicyclic) bond motifs is 1. The summed E-state index contributed by atoms with van der Waals surface area (Å²) in [5, 5.41) is 3.44. The van der Waals surface area contributed by atoms with E-state index >= 15 is 0 Å². The molecule has 2 aromatic heterocycles. The van der Waals surface area contributed by atoms with Gasteiger partial charge in [-0.05, 0) is 48.4 Å². The monoisotopic (exact) mass is 400 g/mol. The fraction of sp³-hybridized carbons (Fsp3) is 0.240. The maximum atomic E-state index is 14.3. The van der Waals surface area contributed by atoms with E-state index in [9.17, 15) is 4.39 Å².